The minimum Gasteiger partial charge on any atom is -0.486 e. The zero-order chi connectivity index (χ0) is 21.5. The van der Waals surface area contributed by atoms with Crippen LogP contribution in [0.15, 0.2) is 48.5 Å². The third kappa shape index (κ3) is 3.59. The van der Waals surface area contributed by atoms with E-state index in [1.807, 2.05) is 18.2 Å². The lowest BCUT2D eigenvalue weighted by Crippen LogP contribution is -2.17. The van der Waals surface area contributed by atoms with Crippen molar-refractivity contribution in [1.29, 1.82) is 0 Å². The van der Waals surface area contributed by atoms with Crippen molar-refractivity contribution in [1.82, 2.24) is 9.97 Å². The molecule has 2 heterocycles. The van der Waals surface area contributed by atoms with E-state index in [1.165, 1.54) is 5.56 Å². The number of anilines is 1. The number of H-pyrrole nitrogens is 1. The molecule has 31 heavy (non-hydrogen) atoms. The number of aromatic nitrogens is 2. The molecule has 0 saturated heterocycles. The number of hydrogen-bond donors (Lipinski definition) is 2. The van der Waals surface area contributed by atoms with E-state index < -0.39 is 0 Å². The number of halogens is 1. The van der Waals surface area contributed by atoms with Gasteiger partial charge < -0.3 is 19.8 Å². The summed E-state index contributed by atoms with van der Waals surface area (Å²) in [7, 11) is 0. The first-order valence-corrected chi connectivity index (χ1v) is 10.3. The standard InChI is InChI=1S/C24H20ClN3O3/c1-13-3-7-19-22(14(13)2)28-23(27-19)17-12-16(5-6-18(17)25)26-24(29)15-4-8-20-21(11-15)31-10-9-30-20/h3-8,11-12H,9-10H2,1-2H3,(H,26,29)(H,27,28). The van der Waals surface area contributed by atoms with Crippen LogP contribution in [0, 0.1) is 13.8 Å². The number of nitrogens with zero attached hydrogens (tertiary/aromatic N) is 1. The van der Waals surface area contributed by atoms with Gasteiger partial charge in [-0.05, 0) is 67.4 Å². The number of rotatable bonds is 3. The molecule has 7 heteroatoms. The van der Waals surface area contributed by atoms with Crippen LogP contribution in [-0.2, 0) is 0 Å². The maximum Gasteiger partial charge on any atom is 0.255 e. The summed E-state index contributed by atoms with van der Waals surface area (Å²) < 4.78 is 11.1. The lowest BCUT2D eigenvalue weighted by atomic mass is 10.1. The summed E-state index contributed by atoms with van der Waals surface area (Å²) in [5.41, 5.74) is 6.01. The Kier molecular flexibility index (Phi) is 4.79. The zero-order valence-corrected chi connectivity index (χ0v) is 17.8. The fraction of sp³-hybridized carbons (Fsp3) is 0.167. The summed E-state index contributed by atoms with van der Waals surface area (Å²) in [6.07, 6.45) is 0. The van der Waals surface area contributed by atoms with Crippen molar-refractivity contribution in [2.24, 2.45) is 0 Å². The van der Waals surface area contributed by atoms with Gasteiger partial charge in [0.25, 0.3) is 5.91 Å². The Hall–Kier alpha value is -3.51. The molecule has 0 fully saturated rings. The van der Waals surface area contributed by atoms with Crippen molar-refractivity contribution in [3.8, 4) is 22.9 Å². The molecule has 0 radical (unpaired) electrons. The van der Waals surface area contributed by atoms with Crippen LogP contribution in [0.25, 0.3) is 22.4 Å². The number of nitrogens with one attached hydrogen (secondary N) is 2. The van der Waals surface area contributed by atoms with Gasteiger partial charge in [-0.15, -0.1) is 0 Å². The molecule has 0 saturated carbocycles. The molecule has 1 aliphatic heterocycles. The van der Waals surface area contributed by atoms with E-state index in [9.17, 15) is 4.79 Å². The fourth-order valence-corrected chi connectivity index (χ4v) is 3.83. The number of ether oxygens (including phenoxy) is 2. The summed E-state index contributed by atoms with van der Waals surface area (Å²) in [5, 5.41) is 3.47. The van der Waals surface area contributed by atoms with E-state index >= 15 is 0 Å². The Labute approximate surface area is 184 Å². The topological polar surface area (TPSA) is 76.2 Å². The fourth-order valence-electron chi connectivity index (χ4n) is 3.62. The van der Waals surface area contributed by atoms with Crippen LogP contribution in [0.2, 0.25) is 5.02 Å². The Morgan fingerprint density at radius 2 is 1.84 bits per heavy atom. The van der Waals surface area contributed by atoms with Gasteiger partial charge in [-0.3, -0.25) is 4.79 Å². The van der Waals surface area contributed by atoms with Crippen molar-refractivity contribution < 1.29 is 14.3 Å². The SMILES string of the molecule is Cc1ccc2nc(-c3cc(NC(=O)c4ccc5c(c4)OCCO5)ccc3Cl)[nH]c2c1C. The van der Waals surface area contributed by atoms with Crippen molar-refractivity contribution in [3.63, 3.8) is 0 Å². The molecule has 5 rings (SSSR count). The molecule has 1 aromatic heterocycles. The van der Waals surface area contributed by atoms with Crippen LogP contribution in [0.3, 0.4) is 0 Å². The molecule has 0 spiro atoms. The summed E-state index contributed by atoms with van der Waals surface area (Å²) in [5.74, 6) is 1.63. The number of imidazole rings is 1. The van der Waals surface area contributed by atoms with Gasteiger partial charge in [0.05, 0.1) is 16.1 Å². The lowest BCUT2D eigenvalue weighted by molar-refractivity contribution is 0.102. The van der Waals surface area contributed by atoms with Crippen LogP contribution < -0.4 is 14.8 Å². The minimum absolute atomic E-state index is 0.249. The van der Waals surface area contributed by atoms with Crippen LogP contribution in [-0.4, -0.2) is 29.1 Å². The Balaban J connectivity index is 1.45. The van der Waals surface area contributed by atoms with Gasteiger partial charge in [-0.25, -0.2) is 4.98 Å². The molecular formula is C24H20ClN3O3. The molecule has 2 N–H and O–H groups in total. The van der Waals surface area contributed by atoms with Crippen molar-refractivity contribution in [2.45, 2.75) is 13.8 Å². The number of aromatic amines is 1. The van der Waals surface area contributed by atoms with E-state index in [0.717, 1.165) is 22.2 Å². The Morgan fingerprint density at radius 3 is 2.68 bits per heavy atom. The molecule has 4 aromatic rings. The second-order valence-electron chi connectivity index (χ2n) is 7.49. The van der Waals surface area contributed by atoms with E-state index in [1.54, 1.807) is 30.3 Å². The number of carbonyl (C=O) groups is 1. The molecule has 156 valence electrons. The third-order valence-electron chi connectivity index (χ3n) is 5.47. The highest BCUT2D eigenvalue weighted by Gasteiger charge is 2.16. The minimum atomic E-state index is -0.249. The van der Waals surface area contributed by atoms with E-state index in [-0.39, 0.29) is 5.91 Å². The van der Waals surface area contributed by atoms with Gasteiger partial charge in [0.2, 0.25) is 0 Å². The zero-order valence-electron chi connectivity index (χ0n) is 17.1. The third-order valence-corrected chi connectivity index (χ3v) is 5.80. The highest BCUT2D eigenvalue weighted by molar-refractivity contribution is 6.33. The highest BCUT2D eigenvalue weighted by Crippen LogP contribution is 2.33. The average Bonchev–Trinajstić information content (AvgIpc) is 3.22. The molecule has 3 aromatic carbocycles. The van der Waals surface area contributed by atoms with Crippen LogP contribution in [0.4, 0.5) is 5.69 Å². The smallest absolute Gasteiger partial charge is 0.255 e. The molecular weight excluding hydrogens is 414 g/mol. The number of benzene rings is 3. The van der Waals surface area contributed by atoms with Crippen LogP contribution >= 0.6 is 11.6 Å². The van der Waals surface area contributed by atoms with Crippen molar-refractivity contribution >= 4 is 34.2 Å². The normalized spacial score (nSPS) is 12.7. The first kappa shape index (κ1) is 19.5. The van der Waals surface area contributed by atoms with Crippen molar-refractivity contribution in [2.75, 3.05) is 18.5 Å². The summed E-state index contributed by atoms with van der Waals surface area (Å²) >= 11 is 6.46. The van der Waals surface area contributed by atoms with Crippen LogP contribution in [0.1, 0.15) is 21.5 Å². The summed E-state index contributed by atoms with van der Waals surface area (Å²) in [4.78, 5) is 20.9. The van der Waals surface area contributed by atoms with E-state index in [2.05, 4.69) is 29.1 Å². The number of fused-ring (bicyclic) bond motifs is 2. The van der Waals surface area contributed by atoms with E-state index in [0.29, 0.717) is 46.8 Å². The molecule has 6 nitrogen and oxygen atoms in total. The quantitative estimate of drug-likeness (QED) is 0.445. The molecule has 1 amide bonds. The maximum absolute atomic E-state index is 12.8. The van der Waals surface area contributed by atoms with Gasteiger partial charge in [0.1, 0.15) is 19.0 Å². The number of amides is 1. The van der Waals surface area contributed by atoms with Gasteiger partial charge in [-0.2, -0.15) is 0 Å². The lowest BCUT2D eigenvalue weighted by Gasteiger charge is -2.18. The molecule has 0 unspecified atom stereocenters. The summed E-state index contributed by atoms with van der Waals surface area (Å²) in [6, 6.07) is 14.5. The first-order chi connectivity index (χ1) is 15.0. The monoisotopic (exact) mass is 433 g/mol. The number of hydrogen-bond acceptors (Lipinski definition) is 4. The predicted octanol–water partition coefficient (Wildman–Crippen LogP) is 5.52. The van der Waals surface area contributed by atoms with Gasteiger partial charge in [-0.1, -0.05) is 17.7 Å². The second kappa shape index (κ2) is 7.63. The largest absolute Gasteiger partial charge is 0.486 e. The van der Waals surface area contributed by atoms with Gasteiger partial charge in [0, 0.05) is 16.8 Å². The number of aryl methyl sites for hydroxylation is 2. The van der Waals surface area contributed by atoms with Gasteiger partial charge in [0.15, 0.2) is 11.5 Å². The molecule has 0 bridgehead atoms. The molecule has 0 aliphatic carbocycles. The van der Waals surface area contributed by atoms with Crippen LogP contribution in [0.5, 0.6) is 11.5 Å². The second-order valence-corrected chi connectivity index (χ2v) is 7.90. The highest BCUT2D eigenvalue weighted by atomic mass is 35.5. The molecule has 1 aliphatic rings. The maximum atomic E-state index is 12.8. The molecule has 0 atom stereocenters. The number of carbonyl (C=O) groups excluding carboxylic acids is 1. The Bertz CT molecular complexity index is 1330. The average molecular weight is 434 g/mol. The first-order valence-electron chi connectivity index (χ1n) is 9.96. The Morgan fingerprint density at radius 1 is 1.03 bits per heavy atom. The predicted molar refractivity (Wildman–Crippen MR) is 121 cm³/mol. The van der Waals surface area contributed by atoms with E-state index in [4.69, 9.17) is 21.1 Å². The summed E-state index contributed by atoms with van der Waals surface area (Å²) in [6.45, 7) is 5.10. The van der Waals surface area contributed by atoms with Gasteiger partial charge >= 0.3 is 0 Å². The van der Waals surface area contributed by atoms with Crippen molar-refractivity contribution in [3.05, 3.63) is 70.2 Å².